The number of nitrogens with one attached hydrogen (secondary N) is 1. The van der Waals surface area contributed by atoms with Gasteiger partial charge < -0.3 is 24.5 Å². The number of methoxy groups -OCH3 is 1. The van der Waals surface area contributed by atoms with Gasteiger partial charge in [0.1, 0.15) is 22.9 Å². The van der Waals surface area contributed by atoms with Crippen molar-refractivity contribution in [2.24, 2.45) is 10.1 Å². The molecule has 39 heavy (non-hydrogen) atoms. The Morgan fingerprint density at radius 3 is 2.72 bits per heavy atom. The monoisotopic (exact) mass is 538 g/mol. The van der Waals surface area contributed by atoms with Crippen molar-refractivity contribution in [3.8, 4) is 5.75 Å². The van der Waals surface area contributed by atoms with Gasteiger partial charge in [0.25, 0.3) is 5.72 Å². The number of allylic oxidation sites excluding steroid dienone is 4. The normalized spacial score (nSPS) is 20.7. The summed E-state index contributed by atoms with van der Waals surface area (Å²) < 4.78 is 25.4. The largest absolute Gasteiger partial charge is 0.495 e. The van der Waals surface area contributed by atoms with Crippen LogP contribution in [-0.4, -0.2) is 43.4 Å². The summed E-state index contributed by atoms with van der Waals surface area (Å²) in [6.07, 6.45) is 9.46. The predicted molar refractivity (Wildman–Crippen MR) is 160 cm³/mol. The highest BCUT2D eigenvalue weighted by molar-refractivity contribution is 5.99. The Hall–Kier alpha value is -3.81. The molecule has 1 atom stereocenters. The number of hydrogen-bond donors (Lipinski definition) is 1. The van der Waals surface area contributed by atoms with Crippen LogP contribution in [-0.2, 0) is 9.57 Å². The third kappa shape index (κ3) is 6.99. The molecule has 7 nitrogen and oxygen atoms in total. The molecule has 0 radical (unpaired) electrons. The topological polar surface area (TPSA) is 67.7 Å². The Morgan fingerprint density at radius 2 is 2.03 bits per heavy atom. The number of amidine groups is 1. The van der Waals surface area contributed by atoms with Crippen molar-refractivity contribution in [2.75, 3.05) is 25.6 Å². The Bertz CT molecular complexity index is 1180. The first-order chi connectivity index (χ1) is 18.9. The molecule has 4 aliphatic rings. The van der Waals surface area contributed by atoms with Gasteiger partial charge in [-0.15, -0.1) is 0 Å². The fraction of sp³-hybridized carbons (Fsp3) is 0.419. The summed E-state index contributed by atoms with van der Waals surface area (Å²) in [5, 5.41) is 7.26. The van der Waals surface area contributed by atoms with Crippen molar-refractivity contribution in [3.05, 3.63) is 83.2 Å². The number of halogens is 1. The van der Waals surface area contributed by atoms with Crippen LogP contribution < -0.4 is 10.1 Å². The maximum absolute atomic E-state index is 14.5. The molecule has 8 heteroatoms. The summed E-state index contributed by atoms with van der Waals surface area (Å²) in [5.41, 5.74) is 3.36. The molecule has 0 saturated carbocycles. The van der Waals surface area contributed by atoms with Crippen molar-refractivity contribution in [1.29, 1.82) is 0 Å². The van der Waals surface area contributed by atoms with Crippen LogP contribution in [0.4, 0.5) is 10.1 Å². The molecule has 1 unspecified atom stereocenters. The molecule has 1 aliphatic carbocycles. The third-order valence-corrected chi connectivity index (χ3v) is 6.20. The van der Waals surface area contributed by atoms with E-state index in [1.165, 1.54) is 5.56 Å². The zero-order valence-corrected chi connectivity index (χ0v) is 24.4. The van der Waals surface area contributed by atoms with Gasteiger partial charge in [-0.1, -0.05) is 51.6 Å². The van der Waals surface area contributed by atoms with Gasteiger partial charge in [-0.3, -0.25) is 4.99 Å². The van der Waals surface area contributed by atoms with E-state index in [0.717, 1.165) is 47.9 Å². The maximum atomic E-state index is 14.5. The highest BCUT2D eigenvalue weighted by atomic mass is 19.1. The van der Waals surface area contributed by atoms with E-state index in [2.05, 4.69) is 28.8 Å². The van der Waals surface area contributed by atoms with Crippen LogP contribution in [0.3, 0.4) is 0 Å². The lowest BCUT2D eigenvalue weighted by Crippen LogP contribution is -2.53. The number of oxime groups is 1. The second kappa shape index (κ2) is 15.0. The standard InChI is InChI=1S/C15H15FN2O2.C12H16N2O.2C2H6/c1-10-5-4-8-18-14(10)17-20-15(18)9-19-12-7-3-2-6-11(16)13(12)15;1-9-5-6-11(12(7-9)15-4)14-8-10(2)13-3;2*1-2/h3,6-7H,1-2,4-5,8-9H2;5-8,14H,3H2,1-2,4H3;2*1-2H3/b;10-8-;;. The first kappa shape index (κ1) is 31.4. The van der Waals surface area contributed by atoms with E-state index in [-0.39, 0.29) is 12.4 Å². The molecule has 1 N–H and O–H groups in total. The fourth-order valence-electron chi connectivity index (χ4n) is 4.32. The number of ether oxygens (including phenoxy) is 2. The smallest absolute Gasteiger partial charge is 0.277 e. The molecule has 3 heterocycles. The van der Waals surface area contributed by atoms with Crippen LogP contribution in [0.2, 0.25) is 0 Å². The zero-order chi connectivity index (χ0) is 29.0. The van der Waals surface area contributed by atoms with E-state index in [1.54, 1.807) is 19.4 Å². The van der Waals surface area contributed by atoms with E-state index in [0.29, 0.717) is 17.8 Å². The summed E-state index contributed by atoms with van der Waals surface area (Å²) in [5.74, 6) is 1.82. The van der Waals surface area contributed by atoms with Crippen LogP contribution in [0, 0.1) is 6.92 Å². The quantitative estimate of drug-likeness (QED) is 0.396. The minimum atomic E-state index is -0.955. The molecule has 1 aromatic rings. The van der Waals surface area contributed by atoms with E-state index in [9.17, 15) is 4.39 Å². The molecule has 0 aromatic heterocycles. The molecule has 1 fully saturated rings. The van der Waals surface area contributed by atoms with Crippen LogP contribution in [0.15, 0.2) is 87.8 Å². The molecule has 0 amide bonds. The minimum Gasteiger partial charge on any atom is -0.495 e. The Labute approximate surface area is 233 Å². The number of aryl methyl sites for hydroxylation is 1. The number of aliphatic imine (C=N–C) groups is 1. The first-order valence-electron chi connectivity index (χ1n) is 13.6. The van der Waals surface area contributed by atoms with E-state index in [1.807, 2.05) is 76.8 Å². The Morgan fingerprint density at radius 1 is 1.28 bits per heavy atom. The average molecular weight is 539 g/mol. The lowest BCUT2D eigenvalue weighted by atomic mass is 9.96. The highest BCUT2D eigenvalue weighted by Gasteiger charge is 2.57. The molecule has 5 rings (SSSR count). The third-order valence-electron chi connectivity index (χ3n) is 6.20. The van der Waals surface area contributed by atoms with Crippen LogP contribution in [0.1, 0.15) is 59.4 Å². The van der Waals surface area contributed by atoms with E-state index >= 15 is 0 Å². The van der Waals surface area contributed by atoms with Gasteiger partial charge in [-0.05, 0) is 75.2 Å². The van der Waals surface area contributed by atoms with Crippen molar-refractivity contribution in [2.45, 2.75) is 66.5 Å². The van der Waals surface area contributed by atoms with E-state index < -0.39 is 5.72 Å². The molecular weight excluding hydrogens is 495 g/mol. The SMILES string of the molecule is C=C1CCCN2C1=NOC21COC2=C1C(F)=CCC=C2.C=N/C(C)=C\Nc1ccc(C)cc1OC.CC.CC. The van der Waals surface area contributed by atoms with Crippen molar-refractivity contribution in [3.63, 3.8) is 0 Å². The Kier molecular flexibility index (Phi) is 12.0. The average Bonchev–Trinajstić information content (AvgIpc) is 3.47. The number of nitrogens with zero attached hydrogens (tertiary/aromatic N) is 3. The summed E-state index contributed by atoms with van der Waals surface area (Å²) in [6, 6.07) is 5.98. The molecule has 1 saturated heterocycles. The van der Waals surface area contributed by atoms with Crippen molar-refractivity contribution >= 4 is 18.2 Å². The van der Waals surface area contributed by atoms with Crippen LogP contribution in [0.5, 0.6) is 5.75 Å². The van der Waals surface area contributed by atoms with Gasteiger partial charge in [-0.25, -0.2) is 4.39 Å². The highest BCUT2D eigenvalue weighted by Crippen LogP contribution is 2.46. The lowest BCUT2D eigenvalue weighted by Gasteiger charge is -2.36. The number of anilines is 1. The summed E-state index contributed by atoms with van der Waals surface area (Å²) in [7, 11) is 1.66. The zero-order valence-electron chi connectivity index (χ0n) is 24.4. The summed E-state index contributed by atoms with van der Waals surface area (Å²) in [6.45, 7) is 20.4. The molecule has 1 aromatic carbocycles. The summed E-state index contributed by atoms with van der Waals surface area (Å²) >= 11 is 0. The second-order valence-corrected chi connectivity index (χ2v) is 8.66. The minimum absolute atomic E-state index is 0.254. The number of fused-ring (bicyclic) bond motifs is 3. The fourth-order valence-corrected chi connectivity index (χ4v) is 4.32. The molecule has 3 aliphatic heterocycles. The van der Waals surface area contributed by atoms with Crippen molar-refractivity contribution in [1.82, 2.24) is 4.90 Å². The van der Waals surface area contributed by atoms with Crippen LogP contribution in [0.25, 0.3) is 0 Å². The number of piperidine rings is 1. The van der Waals surface area contributed by atoms with Crippen molar-refractivity contribution < 1.29 is 18.7 Å². The molecule has 212 valence electrons. The maximum Gasteiger partial charge on any atom is 0.277 e. The van der Waals surface area contributed by atoms with Crippen LogP contribution >= 0.6 is 0 Å². The predicted octanol–water partition coefficient (Wildman–Crippen LogP) is 7.81. The van der Waals surface area contributed by atoms with Gasteiger partial charge in [0.05, 0.1) is 18.5 Å². The summed E-state index contributed by atoms with van der Waals surface area (Å²) in [4.78, 5) is 11.4. The molecular formula is C31H43FN4O3. The van der Waals surface area contributed by atoms with Gasteiger partial charge >= 0.3 is 0 Å². The van der Waals surface area contributed by atoms with Gasteiger partial charge in [0.15, 0.2) is 12.4 Å². The Balaban J connectivity index is 0.000000252. The first-order valence-corrected chi connectivity index (χ1v) is 13.6. The molecule has 1 spiro atoms. The number of benzene rings is 1. The number of hydrogen-bond acceptors (Lipinski definition) is 7. The second-order valence-electron chi connectivity index (χ2n) is 8.66. The molecule has 0 bridgehead atoms. The van der Waals surface area contributed by atoms with E-state index in [4.69, 9.17) is 14.3 Å². The number of rotatable bonds is 4. The van der Waals surface area contributed by atoms with Gasteiger partial charge in [0, 0.05) is 12.7 Å². The van der Waals surface area contributed by atoms with Gasteiger partial charge in [0.2, 0.25) is 0 Å². The van der Waals surface area contributed by atoms with Gasteiger partial charge in [-0.2, -0.15) is 0 Å². The lowest BCUT2D eigenvalue weighted by molar-refractivity contribution is -0.0864.